The van der Waals surface area contributed by atoms with Crippen molar-refractivity contribution in [3.8, 4) is 0 Å². The van der Waals surface area contributed by atoms with Crippen molar-refractivity contribution in [2.24, 2.45) is 17.8 Å². The molecule has 0 heterocycles. The Morgan fingerprint density at radius 2 is 1.69 bits per heavy atom. The van der Waals surface area contributed by atoms with Gasteiger partial charge in [-0.25, -0.2) is 4.79 Å². The number of alkyl carbamates (subject to hydrolysis) is 1. The fourth-order valence-corrected chi connectivity index (χ4v) is 3.58. The Hall–Kier alpha value is -2.36. The Balaban J connectivity index is 1.95. The predicted molar refractivity (Wildman–Crippen MR) is 103 cm³/mol. The zero-order valence-corrected chi connectivity index (χ0v) is 16.1. The minimum absolute atomic E-state index is 0.155. The molecule has 1 aliphatic carbocycles. The van der Waals surface area contributed by atoms with Crippen LogP contribution >= 0.6 is 0 Å². The summed E-state index contributed by atoms with van der Waals surface area (Å²) in [7, 11) is 0. The normalized spacial score (nSPS) is 21.6. The molecule has 2 rings (SSSR count). The highest BCUT2D eigenvalue weighted by Gasteiger charge is 2.37. The fraction of sp³-hybridized carbons (Fsp3) is 0.455. The van der Waals surface area contributed by atoms with Crippen LogP contribution in [0, 0.1) is 17.8 Å². The summed E-state index contributed by atoms with van der Waals surface area (Å²) in [4.78, 5) is 24.6. The Morgan fingerprint density at radius 3 is 2.31 bits per heavy atom. The van der Waals surface area contributed by atoms with Crippen molar-refractivity contribution in [2.75, 3.05) is 0 Å². The maximum absolute atomic E-state index is 12.6. The number of benzene rings is 1. The third-order valence-corrected chi connectivity index (χ3v) is 4.54. The van der Waals surface area contributed by atoms with Crippen LogP contribution in [-0.2, 0) is 16.1 Å². The molecule has 1 aromatic rings. The number of rotatable bonds is 5. The maximum Gasteiger partial charge on any atom is 0.414 e. The van der Waals surface area contributed by atoms with Gasteiger partial charge in [0.15, 0.2) is 0 Å². The number of imide groups is 1. The van der Waals surface area contributed by atoms with E-state index in [0.29, 0.717) is 5.92 Å². The van der Waals surface area contributed by atoms with Gasteiger partial charge in [-0.3, -0.25) is 10.1 Å². The number of carbonyl (C=O) groups is 2. The van der Waals surface area contributed by atoms with E-state index in [-0.39, 0.29) is 24.3 Å². The number of amides is 2. The predicted octanol–water partition coefficient (Wildman–Crippen LogP) is 5.01. The van der Waals surface area contributed by atoms with Crippen LogP contribution in [0.4, 0.5) is 4.79 Å². The first-order valence-corrected chi connectivity index (χ1v) is 9.16. The summed E-state index contributed by atoms with van der Waals surface area (Å²) >= 11 is 0. The smallest absolute Gasteiger partial charge is 0.414 e. The van der Waals surface area contributed by atoms with Gasteiger partial charge in [-0.2, -0.15) is 0 Å². The van der Waals surface area contributed by atoms with Gasteiger partial charge < -0.3 is 4.74 Å². The average molecular weight is 355 g/mol. The first kappa shape index (κ1) is 20.0. The zero-order chi connectivity index (χ0) is 19.1. The van der Waals surface area contributed by atoms with E-state index >= 15 is 0 Å². The summed E-state index contributed by atoms with van der Waals surface area (Å²) in [6.45, 7) is 8.38. The number of ether oxygens (including phenoxy) is 1. The zero-order valence-electron chi connectivity index (χ0n) is 16.1. The summed E-state index contributed by atoms with van der Waals surface area (Å²) in [5.41, 5.74) is 3.34. The number of allylic oxidation sites excluding steroid dienone is 4. The molecule has 1 aromatic carbocycles. The lowest BCUT2D eigenvalue weighted by molar-refractivity contribution is -0.125. The maximum atomic E-state index is 12.6. The molecule has 0 aliphatic heterocycles. The van der Waals surface area contributed by atoms with Crippen LogP contribution in [0.3, 0.4) is 0 Å². The van der Waals surface area contributed by atoms with Gasteiger partial charge in [0.25, 0.3) is 0 Å². The molecule has 1 saturated carbocycles. The first-order chi connectivity index (χ1) is 12.3. The molecule has 26 heavy (non-hydrogen) atoms. The highest BCUT2D eigenvalue weighted by Crippen LogP contribution is 2.39. The third kappa shape index (κ3) is 6.17. The van der Waals surface area contributed by atoms with Gasteiger partial charge >= 0.3 is 6.09 Å². The minimum Gasteiger partial charge on any atom is -0.444 e. The molecular formula is C22H29NO3. The van der Waals surface area contributed by atoms with Gasteiger partial charge in [-0.15, -0.1) is 0 Å². The van der Waals surface area contributed by atoms with Gasteiger partial charge in [0, 0.05) is 5.92 Å². The summed E-state index contributed by atoms with van der Waals surface area (Å²) in [5, 5.41) is 2.42. The van der Waals surface area contributed by atoms with E-state index in [1.165, 1.54) is 11.1 Å². The van der Waals surface area contributed by atoms with Gasteiger partial charge in [-0.05, 0) is 57.9 Å². The number of hydrogen-bond acceptors (Lipinski definition) is 3. The van der Waals surface area contributed by atoms with Gasteiger partial charge in [-0.1, -0.05) is 53.6 Å². The molecule has 1 fully saturated rings. The van der Waals surface area contributed by atoms with E-state index in [0.717, 1.165) is 18.4 Å². The number of carbonyl (C=O) groups excluding carboxylic acids is 2. The highest BCUT2D eigenvalue weighted by molar-refractivity contribution is 5.93. The molecule has 4 nitrogen and oxygen atoms in total. The van der Waals surface area contributed by atoms with Crippen molar-refractivity contribution in [2.45, 2.75) is 47.1 Å². The van der Waals surface area contributed by atoms with E-state index in [9.17, 15) is 9.59 Å². The van der Waals surface area contributed by atoms with Crippen LogP contribution < -0.4 is 5.32 Å². The molecule has 3 unspecified atom stereocenters. The molecule has 1 N–H and O–H groups in total. The molecule has 0 radical (unpaired) electrons. The second-order valence-electron chi connectivity index (χ2n) is 7.54. The Kier molecular flexibility index (Phi) is 7.19. The van der Waals surface area contributed by atoms with Crippen LogP contribution in [0.15, 0.2) is 53.6 Å². The third-order valence-electron chi connectivity index (χ3n) is 4.54. The van der Waals surface area contributed by atoms with Crippen molar-refractivity contribution < 1.29 is 14.3 Å². The van der Waals surface area contributed by atoms with E-state index < -0.39 is 6.09 Å². The summed E-state index contributed by atoms with van der Waals surface area (Å²) in [5.74, 6) is 0.0872. The van der Waals surface area contributed by atoms with E-state index in [4.69, 9.17) is 4.74 Å². The molecule has 140 valence electrons. The molecular weight excluding hydrogens is 326 g/mol. The summed E-state index contributed by atoms with van der Waals surface area (Å²) < 4.78 is 5.17. The largest absolute Gasteiger partial charge is 0.444 e. The highest BCUT2D eigenvalue weighted by atomic mass is 16.5. The lowest BCUT2D eigenvalue weighted by atomic mass is 9.93. The van der Waals surface area contributed by atoms with Crippen LogP contribution in [0.2, 0.25) is 0 Å². The lowest BCUT2D eigenvalue weighted by Crippen LogP contribution is -2.37. The number of hydrogen-bond donors (Lipinski definition) is 1. The Bertz CT molecular complexity index is 683. The summed E-state index contributed by atoms with van der Waals surface area (Å²) in [6, 6.07) is 9.42. The van der Waals surface area contributed by atoms with Crippen molar-refractivity contribution in [1.82, 2.24) is 5.32 Å². The SMILES string of the molecule is CC(C)=CC1CC(C=C(C)C)C(C(=O)NC(=O)OCc2ccccc2)C1. The van der Waals surface area contributed by atoms with Crippen molar-refractivity contribution in [1.29, 1.82) is 0 Å². The molecule has 0 spiro atoms. The van der Waals surface area contributed by atoms with E-state index in [2.05, 4.69) is 31.3 Å². The van der Waals surface area contributed by atoms with Crippen molar-refractivity contribution in [3.63, 3.8) is 0 Å². The van der Waals surface area contributed by atoms with Crippen LogP contribution in [0.25, 0.3) is 0 Å². The van der Waals surface area contributed by atoms with Gasteiger partial charge in [0.05, 0.1) is 0 Å². The van der Waals surface area contributed by atoms with Crippen LogP contribution in [-0.4, -0.2) is 12.0 Å². The molecule has 0 aromatic heterocycles. The molecule has 2 amide bonds. The van der Waals surface area contributed by atoms with Crippen molar-refractivity contribution >= 4 is 12.0 Å². The minimum atomic E-state index is -0.680. The average Bonchev–Trinajstić information content (AvgIpc) is 2.94. The fourth-order valence-electron chi connectivity index (χ4n) is 3.58. The second kappa shape index (κ2) is 9.37. The van der Waals surface area contributed by atoms with Gasteiger partial charge in [0.2, 0.25) is 5.91 Å². The molecule has 0 bridgehead atoms. The van der Waals surface area contributed by atoms with E-state index in [1.54, 1.807) is 0 Å². The van der Waals surface area contributed by atoms with Crippen molar-refractivity contribution in [3.05, 3.63) is 59.2 Å². The van der Waals surface area contributed by atoms with E-state index in [1.807, 2.05) is 44.2 Å². The Labute approximate surface area is 156 Å². The first-order valence-electron chi connectivity index (χ1n) is 9.16. The Morgan fingerprint density at radius 1 is 1.04 bits per heavy atom. The quantitative estimate of drug-likeness (QED) is 0.755. The monoisotopic (exact) mass is 355 g/mol. The lowest BCUT2D eigenvalue weighted by Gasteiger charge is -2.16. The second-order valence-corrected chi connectivity index (χ2v) is 7.54. The molecule has 3 atom stereocenters. The van der Waals surface area contributed by atoms with Crippen LogP contribution in [0.1, 0.15) is 46.1 Å². The molecule has 1 aliphatic rings. The van der Waals surface area contributed by atoms with Crippen LogP contribution in [0.5, 0.6) is 0 Å². The molecule has 4 heteroatoms. The summed E-state index contributed by atoms with van der Waals surface area (Å²) in [6.07, 6.45) is 5.40. The standard InChI is InChI=1S/C22H29NO3/c1-15(2)10-18-12-19(11-16(3)4)20(13-18)21(24)23-22(25)26-14-17-8-6-5-7-9-17/h5-11,18-20H,12-14H2,1-4H3,(H,23,24,25). The molecule has 0 saturated heterocycles. The van der Waals surface area contributed by atoms with Gasteiger partial charge in [0.1, 0.15) is 6.61 Å². The topological polar surface area (TPSA) is 55.4 Å². The number of nitrogens with one attached hydrogen (secondary N) is 1.